The smallest absolute Gasteiger partial charge is 0.0453 e. The Balaban J connectivity index is 2.73. The van der Waals surface area contributed by atoms with E-state index in [1.807, 2.05) is 7.05 Å². The number of likely N-dealkylation sites (N-methyl/N-ethyl adjacent to an activating group) is 1. The van der Waals surface area contributed by atoms with E-state index >= 15 is 0 Å². The van der Waals surface area contributed by atoms with Crippen LogP contribution in [-0.4, -0.2) is 36.6 Å². The maximum atomic E-state index is 4.10. The van der Waals surface area contributed by atoms with Gasteiger partial charge in [0.15, 0.2) is 0 Å². The van der Waals surface area contributed by atoms with Gasteiger partial charge < -0.3 is 5.32 Å². The van der Waals surface area contributed by atoms with Gasteiger partial charge in [0.25, 0.3) is 0 Å². The standard InChI is InChI=1S/C13H26N2/c1-11(2)12(14-5)13(3,4)15-9-7-6-8-10-15/h12,14H,1,6-10H2,2-5H3. The second-order valence-corrected chi connectivity index (χ2v) is 5.27. The van der Waals surface area contributed by atoms with Gasteiger partial charge in [-0.05, 0) is 53.8 Å². The molecule has 1 heterocycles. The summed E-state index contributed by atoms with van der Waals surface area (Å²) in [5.74, 6) is 0. The number of rotatable bonds is 4. The van der Waals surface area contributed by atoms with E-state index in [1.54, 1.807) is 0 Å². The Bertz CT molecular complexity index is 215. The molecule has 1 unspecified atom stereocenters. The van der Waals surface area contributed by atoms with Crippen molar-refractivity contribution in [1.82, 2.24) is 10.2 Å². The topological polar surface area (TPSA) is 15.3 Å². The average molecular weight is 210 g/mol. The normalized spacial score (nSPS) is 21.3. The molecule has 1 saturated heterocycles. The number of hydrogen-bond donors (Lipinski definition) is 1. The Labute approximate surface area is 94.7 Å². The molecule has 1 fully saturated rings. The van der Waals surface area contributed by atoms with Gasteiger partial charge in [-0.2, -0.15) is 0 Å². The zero-order valence-corrected chi connectivity index (χ0v) is 10.8. The lowest BCUT2D eigenvalue weighted by molar-refractivity contribution is 0.0740. The molecular formula is C13H26N2. The van der Waals surface area contributed by atoms with Crippen LogP contribution in [0.4, 0.5) is 0 Å². The average Bonchev–Trinajstić information content (AvgIpc) is 2.19. The van der Waals surface area contributed by atoms with E-state index in [-0.39, 0.29) is 5.54 Å². The fraction of sp³-hybridized carbons (Fsp3) is 0.846. The van der Waals surface area contributed by atoms with Crippen LogP contribution >= 0.6 is 0 Å². The van der Waals surface area contributed by atoms with Gasteiger partial charge in [0.1, 0.15) is 0 Å². The van der Waals surface area contributed by atoms with Gasteiger partial charge in [-0.1, -0.05) is 18.6 Å². The van der Waals surface area contributed by atoms with Crippen LogP contribution in [0.3, 0.4) is 0 Å². The fourth-order valence-electron chi connectivity index (χ4n) is 2.86. The number of likely N-dealkylation sites (tertiary alicyclic amines) is 1. The first kappa shape index (κ1) is 12.7. The molecular weight excluding hydrogens is 184 g/mol. The Morgan fingerprint density at radius 3 is 2.20 bits per heavy atom. The number of nitrogens with zero attached hydrogens (tertiary/aromatic N) is 1. The fourth-order valence-corrected chi connectivity index (χ4v) is 2.86. The van der Waals surface area contributed by atoms with Crippen molar-refractivity contribution >= 4 is 0 Å². The molecule has 1 atom stereocenters. The summed E-state index contributed by atoms with van der Waals surface area (Å²) in [6.07, 6.45) is 4.08. The first-order valence-electron chi connectivity index (χ1n) is 6.08. The van der Waals surface area contributed by atoms with Gasteiger partial charge in [-0.15, -0.1) is 0 Å². The molecule has 1 aliphatic heterocycles. The number of piperidine rings is 1. The molecule has 0 aromatic rings. The van der Waals surface area contributed by atoms with Crippen molar-refractivity contribution in [3.05, 3.63) is 12.2 Å². The van der Waals surface area contributed by atoms with E-state index in [1.165, 1.54) is 37.9 Å². The lowest BCUT2D eigenvalue weighted by Crippen LogP contribution is -2.58. The van der Waals surface area contributed by atoms with Crippen LogP contribution in [0.1, 0.15) is 40.0 Å². The van der Waals surface area contributed by atoms with Gasteiger partial charge in [0.05, 0.1) is 0 Å². The Hall–Kier alpha value is -0.340. The highest BCUT2D eigenvalue weighted by Crippen LogP contribution is 2.26. The van der Waals surface area contributed by atoms with E-state index < -0.39 is 0 Å². The van der Waals surface area contributed by atoms with Crippen LogP contribution in [0.25, 0.3) is 0 Å². The molecule has 0 amide bonds. The Morgan fingerprint density at radius 1 is 1.27 bits per heavy atom. The highest BCUT2D eigenvalue weighted by molar-refractivity contribution is 5.12. The summed E-state index contributed by atoms with van der Waals surface area (Å²) in [7, 11) is 2.03. The minimum absolute atomic E-state index is 0.182. The molecule has 0 radical (unpaired) electrons. The van der Waals surface area contributed by atoms with E-state index in [9.17, 15) is 0 Å². The second kappa shape index (κ2) is 5.13. The van der Waals surface area contributed by atoms with Gasteiger partial charge in [0.2, 0.25) is 0 Å². The third-order valence-corrected chi connectivity index (χ3v) is 3.66. The molecule has 0 bridgehead atoms. The minimum Gasteiger partial charge on any atom is -0.312 e. The van der Waals surface area contributed by atoms with E-state index in [2.05, 4.69) is 37.6 Å². The van der Waals surface area contributed by atoms with Gasteiger partial charge in [-0.3, -0.25) is 4.90 Å². The van der Waals surface area contributed by atoms with Crippen molar-refractivity contribution in [3.63, 3.8) is 0 Å². The summed E-state index contributed by atoms with van der Waals surface area (Å²) in [5, 5.41) is 3.40. The van der Waals surface area contributed by atoms with Gasteiger partial charge in [0, 0.05) is 11.6 Å². The van der Waals surface area contributed by atoms with Gasteiger partial charge in [-0.25, -0.2) is 0 Å². The van der Waals surface area contributed by atoms with Crippen molar-refractivity contribution in [2.75, 3.05) is 20.1 Å². The van der Waals surface area contributed by atoms with Crippen LogP contribution in [-0.2, 0) is 0 Å². The molecule has 0 spiro atoms. The van der Waals surface area contributed by atoms with E-state index in [0.717, 1.165) is 0 Å². The lowest BCUT2D eigenvalue weighted by Gasteiger charge is -2.46. The minimum atomic E-state index is 0.182. The summed E-state index contributed by atoms with van der Waals surface area (Å²) < 4.78 is 0. The molecule has 88 valence electrons. The molecule has 1 N–H and O–H groups in total. The molecule has 0 saturated carbocycles. The molecule has 15 heavy (non-hydrogen) atoms. The van der Waals surface area contributed by atoms with Gasteiger partial charge >= 0.3 is 0 Å². The van der Waals surface area contributed by atoms with E-state index in [4.69, 9.17) is 0 Å². The van der Waals surface area contributed by atoms with Crippen LogP contribution in [0.15, 0.2) is 12.2 Å². The zero-order valence-electron chi connectivity index (χ0n) is 10.8. The van der Waals surface area contributed by atoms with Crippen LogP contribution < -0.4 is 5.32 Å². The molecule has 0 aromatic heterocycles. The highest BCUT2D eigenvalue weighted by atomic mass is 15.2. The third kappa shape index (κ3) is 2.82. The van der Waals surface area contributed by atoms with Crippen LogP contribution in [0.5, 0.6) is 0 Å². The summed E-state index contributed by atoms with van der Waals surface area (Å²) in [4.78, 5) is 2.60. The zero-order chi connectivity index (χ0) is 11.5. The maximum absolute atomic E-state index is 4.10. The van der Waals surface area contributed by atoms with Crippen LogP contribution in [0, 0.1) is 0 Å². The molecule has 0 aliphatic carbocycles. The largest absolute Gasteiger partial charge is 0.312 e. The van der Waals surface area contributed by atoms with Crippen molar-refractivity contribution in [2.45, 2.75) is 51.6 Å². The molecule has 1 aliphatic rings. The second-order valence-electron chi connectivity index (χ2n) is 5.27. The van der Waals surface area contributed by atoms with Crippen LogP contribution in [0.2, 0.25) is 0 Å². The summed E-state index contributed by atoms with van der Waals surface area (Å²) >= 11 is 0. The Morgan fingerprint density at radius 2 is 1.80 bits per heavy atom. The van der Waals surface area contributed by atoms with Crippen molar-refractivity contribution in [2.24, 2.45) is 0 Å². The molecule has 0 aromatic carbocycles. The summed E-state index contributed by atoms with van der Waals surface area (Å²) in [5.41, 5.74) is 1.41. The summed E-state index contributed by atoms with van der Waals surface area (Å²) in [6.45, 7) is 13.3. The summed E-state index contributed by atoms with van der Waals surface area (Å²) in [6, 6.07) is 0.385. The van der Waals surface area contributed by atoms with Crippen molar-refractivity contribution in [1.29, 1.82) is 0 Å². The predicted octanol–water partition coefficient (Wildman–Crippen LogP) is 2.42. The van der Waals surface area contributed by atoms with Crippen molar-refractivity contribution < 1.29 is 0 Å². The van der Waals surface area contributed by atoms with E-state index in [0.29, 0.717) is 6.04 Å². The molecule has 2 nitrogen and oxygen atoms in total. The number of hydrogen-bond acceptors (Lipinski definition) is 2. The monoisotopic (exact) mass is 210 g/mol. The highest BCUT2D eigenvalue weighted by Gasteiger charge is 2.35. The van der Waals surface area contributed by atoms with Crippen molar-refractivity contribution in [3.8, 4) is 0 Å². The first-order valence-corrected chi connectivity index (χ1v) is 6.08. The molecule has 2 heteroatoms. The first-order chi connectivity index (χ1) is 7.00. The third-order valence-electron chi connectivity index (χ3n) is 3.66. The lowest BCUT2D eigenvalue weighted by atomic mass is 9.86. The SMILES string of the molecule is C=C(C)C(NC)C(C)(C)N1CCCCC1. The quantitative estimate of drug-likeness (QED) is 0.717. The molecule has 1 rings (SSSR count). The Kier molecular flexibility index (Phi) is 4.35. The number of nitrogens with one attached hydrogen (secondary N) is 1. The predicted molar refractivity (Wildman–Crippen MR) is 67.2 cm³/mol. The maximum Gasteiger partial charge on any atom is 0.0453 e.